The molecule has 4 nitrogen and oxygen atoms in total. The number of rotatable bonds is 3. The number of fused-ring (bicyclic) bond motifs is 1. The van der Waals surface area contributed by atoms with Gasteiger partial charge in [0, 0.05) is 11.5 Å². The Morgan fingerprint density at radius 3 is 2.70 bits per heavy atom. The average Bonchev–Trinajstić information content (AvgIpc) is 2.82. The predicted molar refractivity (Wildman–Crippen MR) is 79.7 cm³/mol. The Morgan fingerprint density at radius 1 is 1.05 bits per heavy atom. The number of benzene rings is 1. The average molecular weight is 329 g/mol. The maximum atomic E-state index is 5.93. The third kappa shape index (κ3) is 2.68. The summed E-state index contributed by atoms with van der Waals surface area (Å²) in [5.74, 6) is 0.629. The molecule has 3 aromatic rings. The number of nitrogens with zero attached hydrogens (tertiary/aromatic N) is 2. The predicted octanol–water partition coefficient (Wildman–Crippen LogP) is 4.50. The lowest BCUT2D eigenvalue weighted by atomic mass is 10.3. The Balaban J connectivity index is 1.81. The Labute approximate surface area is 129 Å². The topological polar surface area (TPSA) is 50.8 Å². The number of H-pyrrole nitrogens is 1. The lowest BCUT2D eigenvalue weighted by Crippen LogP contribution is -1.96. The van der Waals surface area contributed by atoms with E-state index in [2.05, 4.69) is 15.2 Å². The van der Waals surface area contributed by atoms with E-state index in [4.69, 9.17) is 39.5 Å². The second kappa shape index (κ2) is 5.48. The van der Waals surface area contributed by atoms with Crippen LogP contribution in [-0.2, 0) is 6.61 Å². The van der Waals surface area contributed by atoms with Gasteiger partial charge in [-0.05, 0) is 24.3 Å². The van der Waals surface area contributed by atoms with Gasteiger partial charge in [0.15, 0.2) is 5.65 Å². The number of ether oxygens (including phenoxy) is 1. The van der Waals surface area contributed by atoms with Gasteiger partial charge >= 0.3 is 0 Å². The van der Waals surface area contributed by atoms with Crippen molar-refractivity contribution in [1.82, 2.24) is 15.2 Å². The highest BCUT2D eigenvalue weighted by Gasteiger charge is 2.08. The van der Waals surface area contributed by atoms with Crippen molar-refractivity contribution in [1.29, 1.82) is 0 Å². The normalized spacial score (nSPS) is 10.9. The zero-order valence-corrected chi connectivity index (χ0v) is 12.3. The van der Waals surface area contributed by atoms with Gasteiger partial charge in [-0.25, -0.2) is 4.98 Å². The van der Waals surface area contributed by atoms with E-state index in [1.807, 2.05) is 6.07 Å². The Morgan fingerprint density at radius 2 is 1.90 bits per heavy atom. The minimum atomic E-state index is 0.317. The molecule has 0 amide bonds. The van der Waals surface area contributed by atoms with Crippen LogP contribution in [0.15, 0.2) is 30.3 Å². The van der Waals surface area contributed by atoms with Crippen LogP contribution in [0.5, 0.6) is 5.75 Å². The van der Waals surface area contributed by atoms with Crippen LogP contribution >= 0.6 is 34.8 Å². The molecule has 20 heavy (non-hydrogen) atoms. The fourth-order valence-electron chi connectivity index (χ4n) is 1.76. The van der Waals surface area contributed by atoms with Gasteiger partial charge in [0.1, 0.15) is 17.5 Å². The molecule has 102 valence electrons. The van der Waals surface area contributed by atoms with Gasteiger partial charge < -0.3 is 4.74 Å². The molecule has 0 fully saturated rings. The van der Waals surface area contributed by atoms with Crippen LogP contribution in [0.1, 0.15) is 5.69 Å². The van der Waals surface area contributed by atoms with Crippen LogP contribution < -0.4 is 4.74 Å². The van der Waals surface area contributed by atoms with Crippen molar-refractivity contribution in [3.63, 3.8) is 0 Å². The monoisotopic (exact) mass is 327 g/mol. The summed E-state index contributed by atoms with van der Waals surface area (Å²) in [5, 5.41) is 9.17. The lowest BCUT2D eigenvalue weighted by molar-refractivity contribution is 0.302. The van der Waals surface area contributed by atoms with Crippen LogP contribution in [0.25, 0.3) is 11.0 Å². The summed E-state index contributed by atoms with van der Waals surface area (Å²) < 4.78 is 5.65. The zero-order valence-electron chi connectivity index (χ0n) is 10.0. The Bertz CT molecular complexity index is 773. The van der Waals surface area contributed by atoms with Gasteiger partial charge in [-0.3, -0.25) is 5.10 Å². The minimum absolute atomic E-state index is 0.317. The smallest absolute Gasteiger partial charge is 0.182 e. The molecule has 0 saturated heterocycles. The van der Waals surface area contributed by atoms with Gasteiger partial charge in [-0.1, -0.05) is 34.8 Å². The van der Waals surface area contributed by atoms with Gasteiger partial charge in [0.25, 0.3) is 0 Å². The molecule has 0 spiro atoms. The van der Waals surface area contributed by atoms with E-state index in [0.717, 1.165) is 11.1 Å². The molecule has 1 aromatic carbocycles. The van der Waals surface area contributed by atoms with Gasteiger partial charge in [0.2, 0.25) is 0 Å². The van der Waals surface area contributed by atoms with Crippen LogP contribution in [0, 0.1) is 0 Å². The second-order valence-electron chi connectivity index (χ2n) is 4.07. The molecule has 0 unspecified atom stereocenters. The molecular weight excluding hydrogens is 321 g/mol. The molecule has 2 heterocycles. The third-order valence-electron chi connectivity index (χ3n) is 2.74. The number of hydrogen-bond acceptors (Lipinski definition) is 3. The van der Waals surface area contributed by atoms with Crippen molar-refractivity contribution in [2.45, 2.75) is 6.61 Å². The van der Waals surface area contributed by atoms with E-state index in [0.29, 0.717) is 33.2 Å². The number of halogens is 3. The quantitative estimate of drug-likeness (QED) is 0.720. The lowest BCUT2D eigenvalue weighted by Gasteiger charge is -2.06. The molecule has 0 bridgehead atoms. The number of aromatic nitrogens is 3. The molecule has 0 saturated carbocycles. The molecule has 3 rings (SSSR count). The second-order valence-corrected chi connectivity index (χ2v) is 5.27. The number of hydrogen-bond donors (Lipinski definition) is 1. The molecule has 2 aromatic heterocycles. The van der Waals surface area contributed by atoms with Crippen LogP contribution in [0.4, 0.5) is 0 Å². The zero-order chi connectivity index (χ0) is 14.1. The summed E-state index contributed by atoms with van der Waals surface area (Å²) in [6.07, 6.45) is 0. The molecule has 0 radical (unpaired) electrons. The van der Waals surface area contributed by atoms with E-state index >= 15 is 0 Å². The first kappa shape index (κ1) is 13.5. The first-order valence-electron chi connectivity index (χ1n) is 5.71. The maximum Gasteiger partial charge on any atom is 0.182 e. The first-order valence-corrected chi connectivity index (χ1v) is 6.84. The number of pyridine rings is 1. The molecular formula is C13H8Cl3N3O. The van der Waals surface area contributed by atoms with Gasteiger partial charge in [-0.2, -0.15) is 5.10 Å². The summed E-state index contributed by atoms with van der Waals surface area (Å²) >= 11 is 17.6. The molecule has 7 heteroatoms. The van der Waals surface area contributed by atoms with Crippen LogP contribution in [0.2, 0.25) is 15.2 Å². The highest BCUT2D eigenvalue weighted by Crippen LogP contribution is 2.27. The SMILES string of the molecule is Clc1ccc2c(COc3ccc(Cl)c(Cl)c3)[nH]nc2n1. The molecule has 0 atom stereocenters. The highest BCUT2D eigenvalue weighted by atomic mass is 35.5. The van der Waals surface area contributed by atoms with Gasteiger partial charge in [0.05, 0.1) is 15.7 Å². The number of aromatic amines is 1. The summed E-state index contributed by atoms with van der Waals surface area (Å²) in [7, 11) is 0. The first-order chi connectivity index (χ1) is 9.63. The van der Waals surface area contributed by atoms with Crippen molar-refractivity contribution in [2.24, 2.45) is 0 Å². The number of nitrogens with one attached hydrogen (secondary N) is 1. The summed E-state index contributed by atoms with van der Waals surface area (Å²) in [5.41, 5.74) is 1.38. The largest absolute Gasteiger partial charge is 0.487 e. The van der Waals surface area contributed by atoms with Crippen molar-refractivity contribution < 1.29 is 4.74 Å². The molecule has 0 aliphatic heterocycles. The van der Waals surface area contributed by atoms with Crippen molar-refractivity contribution >= 4 is 45.8 Å². The molecule has 0 aliphatic rings. The summed E-state index contributed by atoms with van der Waals surface area (Å²) in [4.78, 5) is 4.11. The van der Waals surface area contributed by atoms with Crippen LogP contribution in [-0.4, -0.2) is 15.2 Å². The fraction of sp³-hybridized carbons (Fsp3) is 0.0769. The maximum absolute atomic E-state index is 5.93. The Kier molecular flexibility index (Phi) is 3.70. The van der Waals surface area contributed by atoms with E-state index in [-0.39, 0.29) is 0 Å². The highest BCUT2D eigenvalue weighted by molar-refractivity contribution is 6.42. The van der Waals surface area contributed by atoms with Crippen molar-refractivity contribution in [2.75, 3.05) is 0 Å². The van der Waals surface area contributed by atoms with Crippen LogP contribution in [0.3, 0.4) is 0 Å². The van der Waals surface area contributed by atoms with Crippen molar-refractivity contribution in [3.8, 4) is 5.75 Å². The van der Waals surface area contributed by atoms with E-state index in [1.165, 1.54) is 0 Å². The fourth-order valence-corrected chi connectivity index (χ4v) is 2.19. The van der Waals surface area contributed by atoms with E-state index in [9.17, 15) is 0 Å². The minimum Gasteiger partial charge on any atom is -0.487 e. The standard InChI is InChI=1S/C13H8Cl3N3O/c14-9-3-1-7(5-10(9)15)20-6-11-8-2-4-12(16)17-13(8)19-18-11/h1-5H,6H2,(H,17,18,19). The Hall–Kier alpha value is -1.49. The van der Waals surface area contributed by atoms with E-state index < -0.39 is 0 Å². The third-order valence-corrected chi connectivity index (χ3v) is 3.69. The van der Waals surface area contributed by atoms with Crippen molar-refractivity contribution in [3.05, 3.63) is 51.2 Å². The van der Waals surface area contributed by atoms with E-state index in [1.54, 1.807) is 24.3 Å². The summed E-state index contributed by atoms with van der Waals surface area (Å²) in [6.45, 7) is 0.317. The molecule has 0 aliphatic carbocycles. The summed E-state index contributed by atoms with van der Waals surface area (Å²) in [6, 6.07) is 8.66. The van der Waals surface area contributed by atoms with Gasteiger partial charge in [-0.15, -0.1) is 0 Å². The molecule has 1 N–H and O–H groups in total.